The molecule has 3 rings (SSSR count). The third kappa shape index (κ3) is 4.42. The van der Waals surface area contributed by atoms with Crippen molar-refractivity contribution in [3.8, 4) is 0 Å². The normalized spacial score (nSPS) is 14.2. The van der Waals surface area contributed by atoms with Crippen molar-refractivity contribution < 1.29 is 9.18 Å². The van der Waals surface area contributed by atoms with E-state index in [2.05, 4.69) is 34.5 Å². The first-order chi connectivity index (χ1) is 11.7. The molecule has 0 bridgehead atoms. The molecule has 0 radical (unpaired) electrons. The zero-order valence-electron chi connectivity index (χ0n) is 13.8. The molecule has 0 saturated carbocycles. The quantitative estimate of drug-likeness (QED) is 0.825. The molecule has 0 atom stereocenters. The van der Waals surface area contributed by atoms with Gasteiger partial charge in [0.1, 0.15) is 5.82 Å². The second-order valence-electron chi connectivity index (χ2n) is 6.27. The number of hydrogen-bond donors (Lipinski definition) is 1. The topological polar surface area (TPSA) is 32.3 Å². The van der Waals surface area contributed by atoms with Gasteiger partial charge in [-0.05, 0) is 55.1 Å². The molecule has 0 unspecified atom stereocenters. The van der Waals surface area contributed by atoms with Gasteiger partial charge < -0.3 is 5.32 Å². The summed E-state index contributed by atoms with van der Waals surface area (Å²) in [7, 11) is 0. The molecule has 2 aromatic carbocycles. The monoisotopic (exact) mass is 326 g/mol. The minimum absolute atomic E-state index is 0.207. The second kappa shape index (κ2) is 8.06. The van der Waals surface area contributed by atoms with Crippen LogP contribution in [0.4, 0.5) is 4.39 Å². The number of carbonyl (C=O) groups is 1. The number of nitrogens with zero attached hydrogens (tertiary/aromatic N) is 1. The lowest BCUT2D eigenvalue weighted by molar-refractivity contribution is 0.0952. The Morgan fingerprint density at radius 3 is 2.75 bits per heavy atom. The number of benzene rings is 2. The smallest absolute Gasteiger partial charge is 0.251 e. The van der Waals surface area contributed by atoms with Crippen molar-refractivity contribution in [1.29, 1.82) is 0 Å². The second-order valence-corrected chi connectivity index (χ2v) is 6.27. The lowest BCUT2D eigenvalue weighted by atomic mass is 10.00. The molecule has 24 heavy (non-hydrogen) atoms. The summed E-state index contributed by atoms with van der Waals surface area (Å²) < 4.78 is 13.1. The molecule has 1 aliphatic heterocycles. The van der Waals surface area contributed by atoms with Crippen LogP contribution in [0.1, 0.15) is 34.3 Å². The largest absolute Gasteiger partial charge is 0.352 e. The van der Waals surface area contributed by atoms with Crippen LogP contribution in [0.5, 0.6) is 0 Å². The van der Waals surface area contributed by atoms with Crippen LogP contribution in [-0.4, -0.2) is 30.4 Å². The SMILES string of the molecule is O=C(NCCCCN1CCc2ccccc2C1)c1cccc(F)c1. The Hall–Kier alpha value is -2.20. The summed E-state index contributed by atoms with van der Waals surface area (Å²) in [5.41, 5.74) is 3.28. The average molecular weight is 326 g/mol. The van der Waals surface area contributed by atoms with Crippen molar-refractivity contribution in [3.63, 3.8) is 0 Å². The van der Waals surface area contributed by atoms with Gasteiger partial charge in [0.05, 0.1) is 0 Å². The Balaban J connectivity index is 1.35. The van der Waals surface area contributed by atoms with E-state index in [1.807, 2.05) is 0 Å². The molecule has 0 aromatic heterocycles. The van der Waals surface area contributed by atoms with Crippen molar-refractivity contribution in [2.75, 3.05) is 19.6 Å². The van der Waals surface area contributed by atoms with Gasteiger partial charge in [0.25, 0.3) is 5.91 Å². The number of nitrogens with one attached hydrogen (secondary N) is 1. The zero-order valence-corrected chi connectivity index (χ0v) is 13.8. The highest BCUT2D eigenvalue weighted by Crippen LogP contribution is 2.18. The Morgan fingerprint density at radius 1 is 1.08 bits per heavy atom. The van der Waals surface area contributed by atoms with Crippen molar-refractivity contribution in [2.24, 2.45) is 0 Å². The van der Waals surface area contributed by atoms with Gasteiger partial charge in [-0.15, -0.1) is 0 Å². The maximum atomic E-state index is 13.1. The molecule has 4 heteroatoms. The van der Waals surface area contributed by atoms with E-state index < -0.39 is 0 Å². The third-order valence-electron chi connectivity index (χ3n) is 4.48. The maximum absolute atomic E-state index is 13.1. The first kappa shape index (κ1) is 16.7. The van der Waals surface area contributed by atoms with Gasteiger partial charge in [0.15, 0.2) is 0 Å². The predicted molar refractivity (Wildman–Crippen MR) is 93.4 cm³/mol. The fourth-order valence-electron chi connectivity index (χ4n) is 3.14. The van der Waals surface area contributed by atoms with Crippen molar-refractivity contribution in [1.82, 2.24) is 10.2 Å². The minimum atomic E-state index is -0.381. The predicted octanol–water partition coefficient (Wildman–Crippen LogP) is 3.39. The molecular formula is C20H23FN2O. The Morgan fingerprint density at radius 2 is 1.92 bits per heavy atom. The fraction of sp³-hybridized carbons (Fsp3) is 0.350. The summed E-state index contributed by atoms with van der Waals surface area (Å²) in [6.07, 6.45) is 3.09. The molecule has 0 aliphatic carbocycles. The summed E-state index contributed by atoms with van der Waals surface area (Å²) in [5.74, 6) is -0.588. The molecule has 2 aromatic rings. The van der Waals surface area contributed by atoms with Crippen LogP contribution in [-0.2, 0) is 13.0 Å². The first-order valence-electron chi connectivity index (χ1n) is 8.55. The van der Waals surface area contributed by atoms with E-state index in [0.717, 1.165) is 38.9 Å². The van der Waals surface area contributed by atoms with E-state index in [9.17, 15) is 9.18 Å². The van der Waals surface area contributed by atoms with E-state index in [0.29, 0.717) is 12.1 Å². The molecular weight excluding hydrogens is 303 g/mol. The van der Waals surface area contributed by atoms with Crippen LogP contribution >= 0.6 is 0 Å². The van der Waals surface area contributed by atoms with Gasteiger partial charge in [-0.25, -0.2) is 4.39 Å². The average Bonchev–Trinajstić information content (AvgIpc) is 2.61. The highest BCUT2D eigenvalue weighted by atomic mass is 19.1. The molecule has 0 spiro atoms. The zero-order chi connectivity index (χ0) is 16.8. The number of hydrogen-bond acceptors (Lipinski definition) is 2. The summed E-state index contributed by atoms with van der Waals surface area (Å²) in [5, 5.41) is 2.86. The molecule has 1 amide bonds. The first-order valence-corrected chi connectivity index (χ1v) is 8.55. The summed E-state index contributed by atoms with van der Waals surface area (Å²) in [6.45, 7) is 3.79. The molecule has 1 aliphatic rings. The highest BCUT2D eigenvalue weighted by molar-refractivity contribution is 5.94. The van der Waals surface area contributed by atoms with Crippen LogP contribution in [0.25, 0.3) is 0 Å². The van der Waals surface area contributed by atoms with Crippen molar-refractivity contribution >= 4 is 5.91 Å². The molecule has 1 N–H and O–H groups in total. The van der Waals surface area contributed by atoms with Gasteiger partial charge in [-0.1, -0.05) is 30.3 Å². The lowest BCUT2D eigenvalue weighted by Gasteiger charge is -2.28. The van der Waals surface area contributed by atoms with E-state index in [-0.39, 0.29) is 11.7 Å². The van der Waals surface area contributed by atoms with Crippen LogP contribution < -0.4 is 5.32 Å². The standard InChI is InChI=1S/C20H23FN2O/c21-19-9-5-8-17(14-19)20(24)22-11-3-4-12-23-13-10-16-6-1-2-7-18(16)15-23/h1-2,5-9,14H,3-4,10-13,15H2,(H,22,24). The lowest BCUT2D eigenvalue weighted by Crippen LogP contribution is -2.32. The van der Waals surface area contributed by atoms with Gasteiger partial charge >= 0.3 is 0 Å². The number of unbranched alkanes of at least 4 members (excludes halogenated alkanes) is 1. The van der Waals surface area contributed by atoms with E-state index in [1.54, 1.807) is 12.1 Å². The minimum Gasteiger partial charge on any atom is -0.352 e. The number of carbonyl (C=O) groups excluding carboxylic acids is 1. The summed E-state index contributed by atoms with van der Waals surface area (Å²) in [6, 6.07) is 14.4. The van der Waals surface area contributed by atoms with E-state index in [1.165, 1.54) is 23.3 Å². The molecule has 1 heterocycles. The van der Waals surface area contributed by atoms with Crippen molar-refractivity contribution in [2.45, 2.75) is 25.8 Å². The summed E-state index contributed by atoms with van der Waals surface area (Å²) in [4.78, 5) is 14.4. The van der Waals surface area contributed by atoms with Gasteiger partial charge in [0.2, 0.25) is 0 Å². The number of fused-ring (bicyclic) bond motifs is 1. The fourth-order valence-corrected chi connectivity index (χ4v) is 3.14. The Kier molecular flexibility index (Phi) is 5.59. The van der Waals surface area contributed by atoms with Gasteiger partial charge in [-0.2, -0.15) is 0 Å². The van der Waals surface area contributed by atoms with E-state index in [4.69, 9.17) is 0 Å². The van der Waals surface area contributed by atoms with Gasteiger partial charge in [-0.3, -0.25) is 9.69 Å². The molecule has 3 nitrogen and oxygen atoms in total. The third-order valence-corrected chi connectivity index (χ3v) is 4.48. The maximum Gasteiger partial charge on any atom is 0.251 e. The number of rotatable bonds is 6. The van der Waals surface area contributed by atoms with Crippen LogP contribution in [0.15, 0.2) is 48.5 Å². The van der Waals surface area contributed by atoms with Crippen LogP contribution in [0.3, 0.4) is 0 Å². The number of amides is 1. The Labute approximate surface area is 142 Å². The molecule has 0 saturated heterocycles. The van der Waals surface area contributed by atoms with E-state index >= 15 is 0 Å². The number of halogens is 1. The van der Waals surface area contributed by atoms with Crippen molar-refractivity contribution in [3.05, 3.63) is 71.0 Å². The molecule has 0 fully saturated rings. The van der Waals surface area contributed by atoms with Crippen LogP contribution in [0, 0.1) is 5.82 Å². The summed E-state index contributed by atoms with van der Waals surface area (Å²) >= 11 is 0. The highest BCUT2D eigenvalue weighted by Gasteiger charge is 2.14. The Bertz CT molecular complexity index is 702. The van der Waals surface area contributed by atoms with Crippen LogP contribution in [0.2, 0.25) is 0 Å². The van der Waals surface area contributed by atoms with Gasteiger partial charge in [0, 0.05) is 25.2 Å². The molecule has 126 valence electrons.